The van der Waals surface area contributed by atoms with Gasteiger partial charge in [-0.15, -0.1) is 11.3 Å². The van der Waals surface area contributed by atoms with E-state index >= 15 is 0 Å². The zero-order valence-corrected chi connectivity index (χ0v) is 12.5. The average Bonchev–Trinajstić information content (AvgIpc) is 2.82. The number of rotatable bonds is 1. The first kappa shape index (κ1) is 12.7. The fourth-order valence-corrected chi connectivity index (χ4v) is 3.30. The molecular weight excluding hydrogens is 351 g/mol. The number of hydrogen-bond acceptors (Lipinski definition) is 3. The Morgan fingerprint density at radius 3 is 2.89 bits per heavy atom. The number of thiophene rings is 1. The quantitative estimate of drug-likeness (QED) is 0.669. The third-order valence-corrected chi connectivity index (χ3v) is 4.41. The molecule has 0 radical (unpaired) electrons. The van der Waals surface area contributed by atoms with Crippen LogP contribution in [0.25, 0.3) is 15.9 Å². The molecule has 2 heterocycles. The van der Waals surface area contributed by atoms with Crippen LogP contribution >= 0.6 is 39.5 Å². The van der Waals surface area contributed by atoms with Gasteiger partial charge in [0, 0.05) is 0 Å². The van der Waals surface area contributed by atoms with Crippen LogP contribution in [0, 0.1) is 10.6 Å². The minimum absolute atomic E-state index is 0.210. The van der Waals surface area contributed by atoms with Crippen molar-refractivity contribution in [1.82, 2.24) is 9.55 Å². The summed E-state index contributed by atoms with van der Waals surface area (Å²) < 4.78 is 15.2. The maximum Gasteiger partial charge on any atom is 0.267 e. The molecule has 0 bridgehead atoms. The molecule has 0 aliphatic rings. The van der Waals surface area contributed by atoms with Crippen molar-refractivity contribution in [1.29, 1.82) is 0 Å². The molecule has 1 aromatic carbocycles. The van der Waals surface area contributed by atoms with Gasteiger partial charge in [0.05, 0.1) is 15.5 Å². The van der Waals surface area contributed by atoms with Crippen molar-refractivity contribution in [2.45, 2.75) is 0 Å². The van der Waals surface area contributed by atoms with Gasteiger partial charge < -0.3 is 4.98 Å². The molecule has 0 amide bonds. The Kier molecular flexibility index (Phi) is 3.12. The lowest BCUT2D eigenvalue weighted by molar-refractivity contribution is 0.620. The molecule has 3 rings (SSSR count). The van der Waals surface area contributed by atoms with Crippen molar-refractivity contribution in [3.63, 3.8) is 0 Å². The Morgan fingerprint density at radius 1 is 1.37 bits per heavy atom. The van der Waals surface area contributed by atoms with Gasteiger partial charge in [-0.2, -0.15) is 0 Å². The molecule has 3 aromatic rings. The number of fused-ring (bicyclic) bond motifs is 1. The Labute approximate surface area is 124 Å². The summed E-state index contributed by atoms with van der Waals surface area (Å²) in [6.07, 6.45) is 0. The van der Waals surface area contributed by atoms with Crippen molar-refractivity contribution in [3.8, 4) is 5.69 Å². The van der Waals surface area contributed by atoms with E-state index in [2.05, 4.69) is 20.9 Å². The minimum Gasteiger partial charge on any atom is -0.323 e. The first-order valence-electron chi connectivity index (χ1n) is 5.26. The third-order valence-electron chi connectivity index (χ3n) is 2.68. The van der Waals surface area contributed by atoms with Gasteiger partial charge in [0.2, 0.25) is 0 Å². The van der Waals surface area contributed by atoms with Crippen LogP contribution in [-0.2, 0) is 0 Å². The second kappa shape index (κ2) is 4.66. The predicted molar refractivity (Wildman–Crippen MR) is 80.3 cm³/mol. The zero-order chi connectivity index (χ0) is 13.6. The van der Waals surface area contributed by atoms with Crippen molar-refractivity contribution < 1.29 is 4.39 Å². The van der Waals surface area contributed by atoms with Crippen LogP contribution in [0.15, 0.2) is 38.9 Å². The summed E-state index contributed by atoms with van der Waals surface area (Å²) in [5, 5.41) is 2.39. The summed E-state index contributed by atoms with van der Waals surface area (Å²) in [6.45, 7) is 0. The first-order chi connectivity index (χ1) is 9.08. The maximum atomic E-state index is 13.3. The zero-order valence-electron chi connectivity index (χ0n) is 9.31. The summed E-state index contributed by atoms with van der Waals surface area (Å²) in [5.74, 6) is -0.386. The topological polar surface area (TPSA) is 37.8 Å². The van der Waals surface area contributed by atoms with Crippen LogP contribution < -0.4 is 5.56 Å². The second-order valence-electron chi connectivity index (χ2n) is 3.83. The van der Waals surface area contributed by atoms with Gasteiger partial charge in [-0.1, -0.05) is 0 Å². The summed E-state index contributed by atoms with van der Waals surface area (Å²) in [6, 6.07) is 6.07. The first-order valence-corrected chi connectivity index (χ1v) is 7.34. The van der Waals surface area contributed by atoms with Crippen LogP contribution in [0.2, 0.25) is 0 Å². The van der Waals surface area contributed by atoms with E-state index in [1.165, 1.54) is 34.1 Å². The lowest BCUT2D eigenvalue weighted by atomic mass is 10.3. The molecule has 19 heavy (non-hydrogen) atoms. The third kappa shape index (κ3) is 2.07. The lowest BCUT2D eigenvalue weighted by Crippen LogP contribution is -2.19. The largest absolute Gasteiger partial charge is 0.323 e. The number of benzene rings is 1. The SMILES string of the molecule is O=c1c2ccsc2[nH]c(=S)n1-c1ccc(F)c(Br)c1. The van der Waals surface area contributed by atoms with E-state index in [9.17, 15) is 9.18 Å². The number of halogens is 2. The van der Waals surface area contributed by atoms with E-state index < -0.39 is 0 Å². The summed E-state index contributed by atoms with van der Waals surface area (Å²) in [7, 11) is 0. The second-order valence-corrected chi connectivity index (χ2v) is 5.99. The average molecular weight is 357 g/mol. The van der Waals surface area contributed by atoms with Crippen LogP contribution in [0.4, 0.5) is 4.39 Å². The molecule has 3 nitrogen and oxygen atoms in total. The molecule has 0 saturated heterocycles. The Bertz CT molecular complexity index is 897. The number of aromatic nitrogens is 2. The number of nitrogens with one attached hydrogen (secondary N) is 1. The van der Waals surface area contributed by atoms with Crippen molar-refractivity contribution in [2.24, 2.45) is 0 Å². The Hall–Kier alpha value is -1.31. The van der Waals surface area contributed by atoms with Gasteiger partial charge in [-0.25, -0.2) is 4.39 Å². The van der Waals surface area contributed by atoms with E-state index in [1.54, 1.807) is 6.07 Å². The molecule has 96 valence electrons. The van der Waals surface area contributed by atoms with E-state index in [0.717, 1.165) is 4.83 Å². The molecule has 0 spiro atoms. The number of H-pyrrole nitrogens is 1. The fourth-order valence-electron chi connectivity index (χ4n) is 1.80. The van der Waals surface area contributed by atoms with E-state index in [4.69, 9.17) is 12.2 Å². The van der Waals surface area contributed by atoms with Gasteiger partial charge in [0.1, 0.15) is 10.6 Å². The molecule has 2 aromatic heterocycles. The van der Waals surface area contributed by atoms with Crippen LogP contribution in [0.5, 0.6) is 0 Å². The normalized spacial score (nSPS) is 11.1. The monoisotopic (exact) mass is 356 g/mol. The van der Waals surface area contributed by atoms with Gasteiger partial charge in [0.15, 0.2) is 4.77 Å². The molecule has 0 fully saturated rings. The molecule has 0 aliphatic heterocycles. The summed E-state index contributed by atoms with van der Waals surface area (Å²) in [5.41, 5.74) is 0.311. The highest BCUT2D eigenvalue weighted by atomic mass is 79.9. The van der Waals surface area contributed by atoms with Crippen LogP contribution in [0.3, 0.4) is 0 Å². The summed E-state index contributed by atoms with van der Waals surface area (Å²) in [4.78, 5) is 16.1. The Morgan fingerprint density at radius 2 is 2.16 bits per heavy atom. The van der Waals surface area contributed by atoms with E-state index in [1.807, 2.05) is 5.38 Å². The minimum atomic E-state index is -0.386. The van der Waals surface area contributed by atoms with E-state index in [-0.39, 0.29) is 15.8 Å². The lowest BCUT2D eigenvalue weighted by Gasteiger charge is -2.07. The standard InChI is InChI=1S/C12H6BrFN2OS2/c13-8-5-6(1-2-9(8)14)16-11(17)7-3-4-19-10(7)15-12(16)18/h1-5H,(H,15,18). The summed E-state index contributed by atoms with van der Waals surface area (Å²) >= 11 is 9.72. The van der Waals surface area contributed by atoms with Crippen molar-refractivity contribution >= 4 is 49.7 Å². The molecule has 0 aliphatic carbocycles. The number of nitrogens with zero attached hydrogens (tertiary/aromatic N) is 1. The highest BCUT2D eigenvalue weighted by Crippen LogP contribution is 2.20. The van der Waals surface area contributed by atoms with Crippen LogP contribution in [0.1, 0.15) is 0 Å². The van der Waals surface area contributed by atoms with Gasteiger partial charge in [0.25, 0.3) is 5.56 Å². The molecule has 0 saturated carbocycles. The van der Waals surface area contributed by atoms with Crippen molar-refractivity contribution in [3.05, 3.63) is 55.1 Å². The van der Waals surface area contributed by atoms with Gasteiger partial charge in [-0.3, -0.25) is 9.36 Å². The maximum absolute atomic E-state index is 13.3. The highest BCUT2D eigenvalue weighted by molar-refractivity contribution is 9.10. The van der Waals surface area contributed by atoms with E-state index in [0.29, 0.717) is 15.8 Å². The van der Waals surface area contributed by atoms with Crippen molar-refractivity contribution in [2.75, 3.05) is 0 Å². The molecule has 0 unspecified atom stereocenters. The number of hydrogen-bond donors (Lipinski definition) is 1. The predicted octanol–water partition coefficient (Wildman–Crippen LogP) is 4.01. The molecular formula is C12H6BrFN2OS2. The Balaban J connectivity index is 2.38. The highest BCUT2D eigenvalue weighted by Gasteiger charge is 2.09. The molecule has 0 atom stereocenters. The smallest absolute Gasteiger partial charge is 0.267 e. The fraction of sp³-hybridized carbons (Fsp3) is 0. The molecule has 1 N–H and O–H groups in total. The van der Waals surface area contributed by atoms with Gasteiger partial charge >= 0.3 is 0 Å². The number of aromatic amines is 1. The van der Waals surface area contributed by atoms with Gasteiger partial charge in [-0.05, 0) is 57.8 Å². The molecule has 7 heteroatoms. The van der Waals surface area contributed by atoms with Crippen LogP contribution in [-0.4, -0.2) is 9.55 Å².